The molecule has 0 bridgehead atoms. The molecular weight excluding hydrogens is 194 g/mol. The summed E-state index contributed by atoms with van der Waals surface area (Å²) in [5.41, 5.74) is 5.42. The molecule has 3 N–H and O–H groups in total. The highest BCUT2D eigenvalue weighted by molar-refractivity contribution is 5.89. The highest BCUT2D eigenvalue weighted by Gasteiger charge is 2.18. The molecule has 0 aromatic rings. The number of carbonyl (C=O) groups is 1. The van der Waals surface area contributed by atoms with Gasteiger partial charge in [0.25, 0.3) is 0 Å². The van der Waals surface area contributed by atoms with Crippen LogP contribution in [0.5, 0.6) is 0 Å². The summed E-state index contributed by atoms with van der Waals surface area (Å²) in [6, 6.07) is -0.357. The lowest BCUT2D eigenvalue weighted by Crippen LogP contribution is -2.43. The molecule has 5 heteroatoms. The quantitative estimate of drug-likeness (QED) is 0.229. The predicted molar refractivity (Wildman–Crippen MR) is 59.8 cm³/mol. The summed E-state index contributed by atoms with van der Waals surface area (Å²) in [6.07, 6.45) is 3.56. The smallest absolute Gasteiger partial charge is 0.222 e. The lowest BCUT2D eigenvalue weighted by molar-refractivity contribution is -0.130. The fourth-order valence-electron chi connectivity index (χ4n) is 1.20. The van der Waals surface area contributed by atoms with Crippen molar-refractivity contribution < 1.29 is 10.0 Å². The van der Waals surface area contributed by atoms with Gasteiger partial charge in [0.15, 0.2) is 5.84 Å². The Morgan fingerprint density at radius 3 is 2.60 bits per heavy atom. The first-order valence-electron chi connectivity index (χ1n) is 5.27. The predicted octanol–water partition coefficient (Wildman–Crippen LogP) is 1.16. The van der Waals surface area contributed by atoms with Gasteiger partial charge in [-0.25, -0.2) is 0 Å². The first-order chi connectivity index (χ1) is 7.04. The third-order valence-corrected chi connectivity index (χ3v) is 2.51. The van der Waals surface area contributed by atoms with E-state index in [0.717, 1.165) is 19.3 Å². The van der Waals surface area contributed by atoms with Crippen LogP contribution in [0.1, 0.15) is 39.5 Å². The van der Waals surface area contributed by atoms with Gasteiger partial charge in [-0.3, -0.25) is 4.79 Å². The summed E-state index contributed by atoms with van der Waals surface area (Å²) in [5.74, 6) is 0.0869. The van der Waals surface area contributed by atoms with Gasteiger partial charge in [-0.05, 0) is 13.3 Å². The fourth-order valence-corrected chi connectivity index (χ4v) is 1.20. The van der Waals surface area contributed by atoms with E-state index in [9.17, 15) is 4.79 Å². The Bertz CT molecular complexity index is 229. The molecule has 1 amide bonds. The molecule has 1 atom stereocenters. The third kappa shape index (κ3) is 4.67. The van der Waals surface area contributed by atoms with E-state index in [4.69, 9.17) is 10.9 Å². The average Bonchev–Trinajstić information content (AvgIpc) is 2.26. The van der Waals surface area contributed by atoms with Crippen molar-refractivity contribution in [3.05, 3.63) is 0 Å². The number of oxime groups is 1. The number of hydrogen-bond donors (Lipinski definition) is 2. The van der Waals surface area contributed by atoms with Crippen LogP contribution in [0.25, 0.3) is 0 Å². The molecule has 0 aliphatic heterocycles. The summed E-state index contributed by atoms with van der Waals surface area (Å²) in [4.78, 5) is 13.1. The highest BCUT2D eigenvalue weighted by Crippen LogP contribution is 2.04. The van der Waals surface area contributed by atoms with E-state index in [-0.39, 0.29) is 17.8 Å². The van der Waals surface area contributed by atoms with E-state index >= 15 is 0 Å². The lowest BCUT2D eigenvalue weighted by atomic mass is 10.1. The molecule has 15 heavy (non-hydrogen) atoms. The molecule has 0 aliphatic rings. The zero-order chi connectivity index (χ0) is 11.8. The number of rotatable bonds is 6. The van der Waals surface area contributed by atoms with Crippen LogP contribution in [0.4, 0.5) is 0 Å². The van der Waals surface area contributed by atoms with Crippen molar-refractivity contribution in [3.8, 4) is 0 Å². The number of amides is 1. The molecule has 5 nitrogen and oxygen atoms in total. The van der Waals surface area contributed by atoms with Crippen molar-refractivity contribution in [1.29, 1.82) is 0 Å². The van der Waals surface area contributed by atoms with Crippen molar-refractivity contribution >= 4 is 11.7 Å². The number of nitrogens with zero attached hydrogens (tertiary/aromatic N) is 2. The first kappa shape index (κ1) is 13.7. The summed E-state index contributed by atoms with van der Waals surface area (Å²) in [6.45, 7) is 3.82. The first-order valence-corrected chi connectivity index (χ1v) is 5.27. The van der Waals surface area contributed by atoms with E-state index in [2.05, 4.69) is 12.1 Å². The largest absolute Gasteiger partial charge is 0.409 e. The number of unbranched alkanes of at least 4 members (excludes halogenated alkanes) is 2. The normalized spacial score (nSPS) is 13.7. The summed E-state index contributed by atoms with van der Waals surface area (Å²) < 4.78 is 0. The van der Waals surface area contributed by atoms with E-state index < -0.39 is 0 Å². The molecule has 0 aromatic carbocycles. The van der Waals surface area contributed by atoms with E-state index in [1.165, 1.54) is 4.90 Å². The van der Waals surface area contributed by atoms with Crippen molar-refractivity contribution in [2.24, 2.45) is 10.9 Å². The summed E-state index contributed by atoms with van der Waals surface area (Å²) in [7, 11) is 1.66. The molecule has 0 rings (SSSR count). The van der Waals surface area contributed by atoms with Crippen molar-refractivity contribution in [2.45, 2.75) is 45.6 Å². The van der Waals surface area contributed by atoms with Crippen LogP contribution < -0.4 is 5.73 Å². The minimum Gasteiger partial charge on any atom is -0.409 e. The van der Waals surface area contributed by atoms with E-state index in [0.29, 0.717) is 6.42 Å². The van der Waals surface area contributed by atoms with Gasteiger partial charge in [0, 0.05) is 13.5 Å². The lowest BCUT2D eigenvalue weighted by Gasteiger charge is -2.23. The van der Waals surface area contributed by atoms with Crippen LogP contribution >= 0.6 is 0 Å². The van der Waals surface area contributed by atoms with Gasteiger partial charge in [0.1, 0.15) is 0 Å². The number of nitrogens with two attached hydrogens (primary N) is 1. The maximum absolute atomic E-state index is 11.6. The van der Waals surface area contributed by atoms with Gasteiger partial charge in [-0.15, -0.1) is 0 Å². The van der Waals surface area contributed by atoms with Gasteiger partial charge in [-0.1, -0.05) is 24.9 Å². The maximum atomic E-state index is 11.6. The van der Waals surface area contributed by atoms with Crippen molar-refractivity contribution in [2.75, 3.05) is 7.05 Å². The highest BCUT2D eigenvalue weighted by atomic mass is 16.4. The maximum Gasteiger partial charge on any atom is 0.222 e. The number of amidine groups is 1. The molecule has 0 heterocycles. The van der Waals surface area contributed by atoms with Gasteiger partial charge < -0.3 is 15.8 Å². The van der Waals surface area contributed by atoms with Crippen LogP contribution in [0.3, 0.4) is 0 Å². The summed E-state index contributed by atoms with van der Waals surface area (Å²) >= 11 is 0. The Labute approximate surface area is 90.9 Å². The van der Waals surface area contributed by atoms with Crippen LogP contribution in [-0.4, -0.2) is 34.9 Å². The SMILES string of the molecule is CCCCCC(=O)N(C)C(C)C(N)=NO. The van der Waals surface area contributed by atoms with Crippen LogP contribution in [-0.2, 0) is 4.79 Å². The molecule has 0 aliphatic carbocycles. The second-order valence-corrected chi connectivity index (χ2v) is 3.66. The summed E-state index contributed by atoms with van der Waals surface area (Å²) in [5, 5.41) is 11.4. The standard InChI is InChI=1S/C10H21N3O2/c1-4-5-6-7-9(14)13(3)8(2)10(11)12-15/h8,15H,4-7H2,1-3H3,(H2,11,12). The van der Waals surface area contributed by atoms with Gasteiger partial charge in [-0.2, -0.15) is 0 Å². The Balaban J connectivity index is 4.08. The molecule has 0 saturated heterocycles. The fraction of sp³-hybridized carbons (Fsp3) is 0.800. The van der Waals surface area contributed by atoms with E-state index in [1.54, 1.807) is 14.0 Å². The Morgan fingerprint density at radius 2 is 2.13 bits per heavy atom. The van der Waals surface area contributed by atoms with Gasteiger partial charge in [0.05, 0.1) is 6.04 Å². The molecule has 88 valence electrons. The average molecular weight is 215 g/mol. The van der Waals surface area contributed by atoms with Crippen LogP contribution in [0, 0.1) is 0 Å². The minimum absolute atomic E-state index is 0.0301. The molecule has 0 spiro atoms. The van der Waals surface area contributed by atoms with Crippen LogP contribution in [0.15, 0.2) is 5.16 Å². The van der Waals surface area contributed by atoms with Gasteiger partial charge >= 0.3 is 0 Å². The molecule has 0 fully saturated rings. The van der Waals surface area contributed by atoms with Crippen molar-refractivity contribution in [3.63, 3.8) is 0 Å². The Kier molecular flexibility index (Phi) is 6.49. The molecular formula is C10H21N3O2. The number of likely N-dealkylation sites (N-methyl/N-ethyl adjacent to an activating group) is 1. The zero-order valence-corrected chi connectivity index (χ0v) is 9.73. The van der Waals surface area contributed by atoms with E-state index in [1.807, 2.05) is 0 Å². The second-order valence-electron chi connectivity index (χ2n) is 3.66. The van der Waals surface area contributed by atoms with Gasteiger partial charge in [0.2, 0.25) is 5.91 Å². The number of carbonyl (C=O) groups excluding carboxylic acids is 1. The topological polar surface area (TPSA) is 78.9 Å². The third-order valence-electron chi connectivity index (χ3n) is 2.51. The molecule has 0 saturated carbocycles. The monoisotopic (exact) mass is 215 g/mol. The molecule has 0 aromatic heterocycles. The number of hydrogen-bond acceptors (Lipinski definition) is 3. The zero-order valence-electron chi connectivity index (χ0n) is 9.73. The minimum atomic E-state index is -0.357. The Morgan fingerprint density at radius 1 is 1.53 bits per heavy atom. The second kappa shape index (κ2) is 7.09. The molecule has 1 unspecified atom stereocenters. The van der Waals surface area contributed by atoms with Crippen LogP contribution in [0.2, 0.25) is 0 Å². The Hall–Kier alpha value is -1.26. The van der Waals surface area contributed by atoms with Crippen molar-refractivity contribution in [1.82, 2.24) is 4.90 Å². The molecule has 0 radical (unpaired) electrons.